The standard InChI is InChI=1S/C21H17Cl2N7/c1-13(28-19-5-2-14(10-24)12-26-19)11-27-21-29-18(9-20-25-6-7-30(20)21)16-4-3-15(22)8-17(16)23/h2-9,12-13H,11H2,1H3,(H,26,28)(H,27,29). The number of hydrogen-bond donors (Lipinski definition) is 2. The van der Waals surface area contributed by atoms with Gasteiger partial charge in [0.2, 0.25) is 5.95 Å². The summed E-state index contributed by atoms with van der Waals surface area (Å²) in [7, 11) is 0. The summed E-state index contributed by atoms with van der Waals surface area (Å²) in [5, 5.41) is 16.6. The largest absolute Gasteiger partial charge is 0.366 e. The van der Waals surface area contributed by atoms with Gasteiger partial charge in [-0.2, -0.15) is 5.26 Å². The van der Waals surface area contributed by atoms with Gasteiger partial charge < -0.3 is 10.6 Å². The lowest BCUT2D eigenvalue weighted by Crippen LogP contribution is -2.26. The first kappa shape index (κ1) is 20.0. The zero-order chi connectivity index (χ0) is 21.1. The van der Waals surface area contributed by atoms with Crippen molar-refractivity contribution in [3.8, 4) is 17.3 Å². The van der Waals surface area contributed by atoms with Gasteiger partial charge >= 0.3 is 0 Å². The number of nitrogens with zero attached hydrogens (tertiary/aromatic N) is 5. The molecule has 9 heteroatoms. The average Bonchev–Trinajstić information content (AvgIpc) is 3.21. The Kier molecular flexibility index (Phi) is 5.70. The number of aromatic nitrogens is 4. The minimum absolute atomic E-state index is 0.0496. The molecule has 0 saturated carbocycles. The maximum absolute atomic E-state index is 8.88. The highest BCUT2D eigenvalue weighted by Crippen LogP contribution is 2.30. The van der Waals surface area contributed by atoms with Crippen LogP contribution in [0.3, 0.4) is 0 Å². The zero-order valence-corrected chi connectivity index (χ0v) is 17.5. The molecule has 0 aliphatic carbocycles. The number of nitriles is 1. The van der Waals surface area contributed by atoms with Crippen LogP contribution in [0.1, 0.15) is 12.5 Å². The van der Waals surface area contributed by atoms with Crippen molar-refractivity contribution in [1.29, 1.82) is 5.26 Å². The number of fused-ring (bicyclic) bond motifs is 1. The van der Waals surface area contributed by atoms with Crippen LogP contribution < -0.4 is 10.6 Å². The minimum atomic E-state index is 0.0496. The van der Waals surface area contributed by atoms with Crippen LogP contribution in [0.25, 0.3) is 16.9 Å². The summed E-state index contributed by atoms with van der Waals surface area (Å²) in [6, 6.07) is 12.8. The lowest BCUT2D eigenvalue weighted by molar-refractivity contribution is 0.817. The average molecular weight is 438 g/mol. The van der Waals surface area contributed by atoms with Gasteiger partial charge in [-0.25, -0.2) is 15.0 Å². The fourth-order valence-electron chi connectivity index (χ4n) is 2.98. The van der Waals surface area contributed by atoms with Crippen LogP contribution in [0.15, 0.2) is 55.0 Å². The fourth-order valence-corrected chi connectivity index (χ4v) is 3.48. The zero-order valence-electron chi connectivity index (χ0n) is 16.0. The van der Waals surface area contributed by atoms with Crippen molar-refractivity contribution in [3.05, 3.63) is 70.6 Å². The lowest BCUT2D eigenvalue weighted by Gasteiger charge is -2.17. The van der Waals surface area contributed by atoms with E-state index >= 15 is 0 Å². The number of hydrogen-bond acceptors (Lipinski definition) is 6. The monoisotopic (exact) mass is 437 g/mol. The summed E-state index contributed by atoms with van der Waals surface area (Å²) in [6.07, 6.45) is 5.11. The predicted molar refractivity (Wildman–Crippen MR) is 119 cm³/mol. The van der Waals surface area contributed by atoms with Gasteiger partial charge in [0.25, 0.3) is 0 Å². The number of nitrogens with one attached hydrogen (secondary N) is 2. The molecule has 0 aliphatic heterocycles. The van der Waals surface area contributed by atoms with Crippen molar-refractivity contribution >= 4 is 40.6 Å². The Labute approximate surface area is 183 Å². The number of benzene rings is 1. The van der Waals surface area contributed by atoms with Gasteiger partial charge in [0, 0.05) is 47.8 Å². The minimum Gasteiger partial charge on any atom is -0.366 e. The molecular weight excluding hydrogens is 421 g/mol. The van der Waals surface area contributed by atoms with Crippen molar-refractivity contribution in [2.75, 3.05) is 17.2 Å². The molecule has 2 N–H and O–H groups in total. The number of imidazole rings is 1. The van der Waals surface area contributed by atoms with E-state index in [9.17, 15) is 0 Å². The van der Waals surface area contributed by atoms with E-state index in [1.165, 1.54) is 0 Å². The van der Waals surface area contributed by atoms with Crippen molar-refractivity contribution in [3.63, 3.8) is 0 Å². The molecule has 4 rings (SSSR count). The topological polar surface area (TPSA) is 90.9 Å². The van der Waals surface area contributed by atoms with Crippen molar-refractivity contribution in [2.24, 2.45) is 0 Å². The second-order valence-electron chi connectivity index (χ2n) is 6.71. The Morgan fingerprint density at radius 1 is 1.17 bits per heavy atom. The molecule has 0 spiro atoms. The van der Waals surface area contributed by atoms with E-state index in [0.717, 1.165) is 11.2 Å². The molecule has 1 aromatic carbocycles. The second-order valence-corrected chi connectivity index (χ2v) is 7.56. The van der Waals surface area contributed by atoms with E-state index in [2.05, 4.69) is 26.7 Å². The molecule has 0 radical (unpaired) electrons. The molecule has 3 heterocycles. The summed E-state index contributed by atoms with van der Waals surface area (Å²) in [4.78, 5) is 13.4. The van der Waals surface area contributed by atoms with Gasteiger partial charge in [-0.15, -0.1) is 0 Å². The maximum Gasteiger partial charge on any atom is 0.209 e. The third kappa shape index (κ3) is 4.30. The van der Waals surface area contributed by atoms with E-state index in [1.807, 2.05) is 29.7 Å². The lowest BCUT2D eigenvalue weighted by atomic mass is 10.1. The van der Waals surface area contributed by atoms with Crippen LogP contribution >= 0.6 is 23.2 Å². The number of pyridine rings is 1. The van der Waals surface area contributed by atoms with Crippen molar-refractivity contribution in [1.82, 2.24) is 19.4 Å². The van der Waals surface area contributed by atoms with Gasteiger partial charge in [-0.1, -0.05) is 23.2 Å². The van der Waals surface area contributed by atoms with Gasteiger partial charge in [0.05, 0.1) is 16.3 Å². The molecule has 0 aliphatic rings. The Balaban J connectivity index is 1.54. The van der Waals surface area contributed by atoms with Crippen LogP contribution in [-0.2, 0) is 0 Å². The summed E-state index contributed by atoms with van der Waals surface area (Å²) < 4.78 is 1.88. The van der Waals surface area contributed by atoms with Gasteiger partial charge in [0.1, 0.15) is 17.5 Å². The molecule has 3 aromatic heterocycles. The summed E-state index contributed by atoms with van der Waals surface area (Å²) in [6.45, 7) is 2.61. The third-order valence-corrected chi connectivity index (χ3v) is 5.00. The molecule has 7 nitrogen and oxygen atoms in total. The van der Waals surface area contributed by atoms with E-state index in [0.29, 0.717) is 39.6 Å². The van der Waals surface area contributed by atoms with Crippen LogP contribution in [0.4, 0.5) is 11.8 Å². The summed E-state index contributed by atoms with van der Waals surface area (Å²) in [5.41, 5.74) is 2.76. The van der Waals surface area contributed by atoms with Crippen molar-refractivity contribution in [2.45, 2.75) is 13.0 Å². The Morgan fingerprint density at radius 2 is 2.03 bits per heavy atom. The number of anilines is 2. The van der Waals surface area contributed by atoms with E-state index in [1.54, 1.807) is 36.7 Å². The number of halogens is 2. The Morgan fingerprint density at radius 3 is 2.77 bits per heavy atom. The molecule has 150 valence electrons. The molecule has 0 amide bonds. The normalized spacial score (nSPS) is 11.8. The van der Waals surface area contributed by atoms with Crippen LogP contribution in [0.2, 0.25) is 10.0 Å². The molecule has 0 saturated heterocycles. The molecule has 30 heavy (non-hydrogen) atoms. The highest BCUT2D eigenvalue weighted by Gasteiger charge is 2.12. The first-order valence-corrected chi connectivity index (χ1v) is 9.95. The van der Waals surface area contributed by atoms with Gasteiger partial charge in [-0.05, 0) is 37.3 Å². The van der Waals surface area contributed by atoms with Crippen LogP contribution in [0.5, 0.6) is 0 Å². The highest BCUT2D eigenvalue weighted by molar-refractivity contribution is 6.36. The summed E-state index contributed by atoms with van der Waals surface area (Å²) >= 11 is 12.4. The van der Waals surface area contributed by atoms with E-state index in [-0.39, 0.29) is 6.04 Å². The second kappa shape index (κ2) is 8.57. The maximum atomic E-state index is 8.88. The van der Waals surface area contributed by atoms with Crippen LogP contribution in [-0.4, -0.2) is 31.9 Å². The fraction of sp³-hybridized carbons (Fsp3) is 0.143. The quantitative estimate of drug-likeness (QED) is 0.446. The molecular formula is C21H17Cl2N7. The predicted octanol–water partition coefficient (Wildman–Crippen LogP) is 4.88. The van der Waals surface area contributed by atoms with E-state index in [4.69, 9.17) is 33.4 Å². The smallest absolute Gasteiger partial charge is 0.209 e. The van der Waals surface area contributed by atoms with Gasteiger partial charge in [0.15, 0.2) is 0 Å². The molecule has 1 atom stereocenters. The highest BCUT2D eigenvalue weighted by atomic mass is 35.5. The number of rotatable bonds is 6. The molecule has 0 bridgehead atoms. The third-order valence-electron chi connectivity index (χ3n) is 4.45. The molecule has 4 aromatic rings. The SMILES string of the molecule is CC(CNc1nc(-c2ccc(Cl)cc2Cl)cc2nccn12)Nc1ccc(C#N)cn1. The summed E-state index contributed by atoms with van der Waals surface area (Å²) in [5.74, 6) is 1.35. The first-order chi connectivity index (χ1) is 14.5. The first-order valence-electron chi connectivity index (χ1n) is 9.19. The molecule has 0 fully saturated rings. The van der Waals surface area contributed by atoms with Gasteiger partial charge in [-0.3, -0.25) is 4.40 Å². The van der Waals surface area contributed by atoms with E-state index < -0.39 is 0 Å². The van der Waals surface area contributed by atoms with Crippen molar-refractivity contribution < 1.29 is 0 Å². The van der Waals surface area contributed by atoms with Crippen LogP contribution in [0, 0.1) is 11.3 Å². The molecule has 1 unspecified atom stereocenters. The Hall–Kier alpha value is -3.34. The Bertz CT molecular complexity index is 1230.